The zero-order valence-electron chi connectivity index (χ0n) is 17.3. The predicted octanol–water partition coefficient (Wildman–Crippen LogP) is 5.06. The number of aliphatic imine (C=N–C) groups is 1. The summed E-state index contributed by atoms with van der Waals surface area (Å²) < 4.78 is 35.3. The van der Waals surface area contributed by atoms with E-state index in [-0.39, 0.29) is 5.75 Å². The van der Waals surface area contributed by atoms with Gasteiger partial charge in [0.15, 0.2) is 0 Å². The SMILES string of the molecule is COc1cncc(-c2cccc(C3(c4ccc(OC(F)F)c(C)c4)CCC(N)=N3)c2)c1. The number of aryl methyl sites for hydroxylation is 1. The Bertz CT molecular complexity index is 1130. The van der Waals surface area contributed by atoms with Gasteiger partial charge in [-0.2, -0.15) is 8.78 Å². The molecule has 2 N–H and O–H groups in total. The number of nitrogens with two attached hydrogens (primary N) is 1. The molecule has 1 atom stereocenters. The molecule has 0 radical (unpaired) electrons. The molecule has 1 unspecified atom stereocenters. The first kappa shape index (κ1) is 20.8. The number of halogens is 2. The predicted molar refractivity (Wildman–Crippen MR) is 116 cm³/mol. The largest absolute Gasteiger partial charge is 0.495 e. The molecule has 0 spiro atoms. The molecule has 0 saturated heterocycles. The van der Waals surface area contributed by atoms with Crippen LogP contribution in [0, 0.1) is 6.92 Å². The molecule has 7 heteroatoms. The molecular formula is C24H23F2N3O2. The van der Waals surface area contributed by atoms with Crippen molar-refractivity contribution in [3.63, 3.8) is 0 Å². The summed E-state index contributed by atoms with van der Waals surface area (Å²) in [5, 5.41) is 0. The molecule has 0 amide bonds. The summed E-state index contributed by atoms with van der Waals surface area (Å²) in [4.78, 5) is 9.07. The fourth-order valence-electron chi connectivity index (χ4n) is 4.03. The average Bonchev–Trinajstić information content (AvgIpc) is 3.18. The van der Waals surface area contributed by atoms with Crippen molar-refractivity contribution in [3.8, 4) is 22.6 Å². The van der Waals surface area contributed by atoms with Gasteiger partial charge >= 0.3 is 6.61 Å². The van der Waals surface area contributed by atoms with Crippen molar-refractivity contribution in [1.29, 1.82) is 0 Å². The Hall–Kier alpha value is -3.48. The van der Waals surface area contributed by atoms with Crippen molar-refractivity contribution < 1.29 is 18.3 Å². The number of hydrogen-bond acceptors (Lipinski definition) is 5. The van der Waals surface area contributed by atoms with Gasteiger partial charge in [-0.25, -0.2) is 0 Å². The van der Waals surface area contributed by atoms with Gasteiger partial charge in [-0.15, -0.1) is 0 Å². The third-order valence-electron chi connectivity index (χ3n) is 5.57. The highest BCUT2D eigenvalue weighted by molar-refractivity contribution is 5.84. The van der Waals surface area contributed by atoms with Gasteiger partial charge in [0.2, 0.25) is 0 Å². The van der Waals surface area contributed by atoms with Crippen LogP contribution in [-0.4, -0.2) is 24.5 Å². The van der Waals surface area contributed by atoms with E-state index in [4.69, 9.17) is 15.5 Å². The van der Waals surface area contributed by atoms with Gasteiger partial charge in [-0.1, -0.05) is 24.3 Å². The fourth-order valence-corrected chi connectivity index (χ4v) is 4.03. The van der Waals surface area contributed by atoms with E-state index in [0.717, 1.165) is 22.3 Å². The third kappa shape index (κ3) is 4.08. The van der Waals surface area contributed by atoms with Crippen LogP contribution in [0.2, 0.25) is 0 Å². The summed E-state index contributed by atoms with van der Waals surface area (Å²) in [5.74, 6) is 1.39. The maximum absolute atomic E-state index is 12.7. The van der Waals surface area contributed by atoms with E-state index in [1.54, 1.807) is 38.6 Å². The number of methoxy groups -OCH3 is 1. The number of aromatic nitrogens is 1. The van der Waals surface area contributed by atoms with Crippen LogP contribution in [0.1, 0.15) is 29.5 Å². The Labute approximate surface area is 179 Å². The molecule has 5 nitrogen and oxygen atoms in total. The Kier molecular flexibility index (Phi) is 5.59. The van der Waals surface area contributed by atoms with E-state index in [0.29, 0.717) is 30.0 Å². The minimum atomic E-state index is -2.87. The smallest absolute Gasteiger partial charge is 0.387 e. The van der Waals surface area contributed by atoms with Crippen molar-refractivity contribution in [1.82, 2.24) is 4.98 Å². The molecule has 0 bridgehead atoms. The van der Waals surface area contributed by atoms with Gasteiger partial charge in [0, 0.05) is 18.2 Å². The number of amidine groups is 1. The van der Waals surface area contributed by atoms with Gasteiger partial charge in [0.05, 0.1) is 19.1 Å². The van der Waals surface area contributed by atoms with Gasteiger partial charge in [0.25, 0.3) is 0 Å². The standard InChI is InChI=1S/C24H23F2N3O2/c1-15-10-19(6-7-21(15)31-23(25)26)24(9-8-22(27)29-24)18-5-3-4-16(11-18)17-12-20(30-2)14-28-13-17/h3-7,10-14,23H,8-9H2,1-2H3,(H2,27,29). The van der Waals surface area contributed by atoms with Crippen molar-refractivity contribution in [3.05, 3.63) is 77.6 Å². The molecule has 0 aliphatic carbocycles. The van der Waals surface area contributed by atoms with Crippen LogP contribution in [0.15, 0.2) is 65.9 Å². The summed E-state index contributed by atoms with van der Waals surface area (Å²) >= 11 is 0. The van der Waals surface area contributed by atoms with E-state index >= 15 is 0 Å². The molecule has 31 heavy (non-hydrogen) atoms. The minimum Gasteiger partial charge on any atom is -0.495 e. The minimum absolute atomic E-state index is 0.153. The zero-order valence-corrected chi connectivity index (χ0v) is 17.3. The maximum atomic E-state index is 12.7. The number of hydrogen-bond donors (Lipinski definition) is 1. The van der Waals surface area contributed by atoms with Crippen LogP contribution in [0.3, 0.4) is 0 Å². The molecule has 2 aromatic carbocycles. The highest BCUT2D eigenvalue weighted by Gasteiger charge is 2.38. The van der Waals surface area contributed by atoms with Gasteiger partial charge < -0.3 is 15.2 Å². The Morgan fingerprint density at radius 2 is 1.84 bits per heavy atom. The van der Waals surface area contributed by atoms with Crippen molar-refractivity contribution >= 4 is 5.84 Å². The van der Waals surface area contributed by atoms with Crippen LogP contribution < -0.4 is 15.2 Å². The lowest BCUT2D eigenvalue weighted by atomic mass is 9.80. The van der Waals surface area contributed by atoms with Crippen molar-refractivity contribution in [2.75, 3.05) is 7.11 Å². The average molecular weight is 423 g/mol. The summed E-state index contributed by atoms with van der Waals surface area (Å²) in [7, 11) is 1.60. The normalized spacial score (nSPS) is 18.2. The van der Waals surface area contributed by atoms with Crippen LogP contribution in [0.25, 0.3) is 11.1 Å². The first-order valence-electron chi connectivity index (χ1n) is 9.91. The summed E-state index contributed by atoms with van der Waals surface area (Å²) in [6.07, 6.45) is 4.77. The van der Waals surface area contributed by atoms with Crippen LogP contribution >= 0.6 is 0 Å². The number of ether oxygens (including phenoxy) is 2. The lowest BCUT2D eigenvalue weighted by Crippen LogP contribution is -2.23. The molecule has 1 aromatic heterocycles. The number of pyridine rings is 1. The van der Waals surface area contributed by atoms with Crippen molar-refractivity contribution in [2.24, 2.45) is 10.7 Å². The highest BCUT2D eigenvalue weighted by Crippen LogP contribution is 2.44. The summed E-state index contributed by atoms with van der Waals surface area (Å²) in [5.41, 5.74) is 9.77. The van der Waals surface area contributed by atoms with Crippen LogP contribution in [0.4, 0.5) is 8.78 Å². The quantitative estimate of drug-likeness (QED) is 0.602. The van der Waals surface area contributed by atoms with Crippen LogP contribution in [-0.2, 0) is 5.54 Å². The van der Waals surface area contributed by atoms with E-state index in [2.05, 4.69) is 15.8 Å². The second-order valence-corrected chi connectivity index (χ2v) is 7.52. The molecule has 1 aliphatic heterocycles. The lowest BCUT2D eigenvalue weighted by molar-refractivity contribution is -0.0503. The first-order valence-corrected chi connectivity index (χ1v) is 9.91. The zero-order chi connectivity index (χ0) is 22.0. The third-order valence-corrected chi connectivity index (χ3v) is 5.57. The topological polar surface area (TPSA) is 69.7 Å². The Morgan fingerprint density at radius 3 is 2.52 bits per heavy atom. The first-order chi connectivity index (χ1) is 14.9. The van der Waals surface area contributed by atoms with Gasteiger partial charge in [0.1, 0.15) is 17.0 Å². The molecule has 2 heterocycles. The molecule has 0 saturated carbocycles. The van der Waals surface area contributed by atoms with E-state index in [1.165, 1.54) is 0 Å². The van der Waals surface area contributed by atoms with E-state index in [1.807, 2.05) is 30.3 Å². The molecule has 160 valence electrons. The number of rotatable bonds is 6. The van der Waals surface area contributed by atoms with Gasteiger partial charge in [-0.3, -0.25) is 9.98 Å². The Balaban J connectivity index is 1.80. The summed E-state index contributed by atoms with van der Waals surface area (Å²) in [6, 6.07) is 15.2. The molecule has 4 rings (SSSR count). The lowest BCUT2D eigenvalue weighted by Gasteiger charge is -2.28. The molecular weight excluding hydrogens is 400 g/mol. The van der Waals surface area contributed by atoms with E-state index < -0.39 is 12.2 Å². The number of nitrogens with zero attached hydrogens (tertiary/aromatic N) is 2. The monoisotopic (exact) mass is 423 g/mol. The maximum Gasteiger partial charge on any atom is 0.387 e. The summed E-state index contributed by atoms with van der Waals surface area (Å²) in [6.45, 7) is -1.12. The van der Waals surface area contributed by atoms with E-state index in [9.17, 15) is 8.78 Å². The highest BCUT2D eigenvalue weighted by atomic mass is 19.3. The molecule has 3 aromatic rings. The fraction of sp³-hybridized carbons (Fsp3) is 0.250. The second kappa shape index (κ2) is 8.34. The molecule has 0 fully saturated rings. The second-order valence-electron chi connectivity index (χ2n) is 7.52. The molecule has 1 aliphatic rings. The number of benzene rings is 2. The number of alkyl halides is 2. The van der Waals surface area contributed by atoms with Gasteiger partial charge in [-0.05, 0) is 59.9 Å². The Morgan fingerprint density at radius 1 is 1.03 bits per heavy atom. The van der Waals surface area contributed by atoms with Crippen LogP contribution in [0.5, 0.6) is 11.5 Å². The van der Waals surface area contributed by atoms with Crippen molar-refractivity contribution in [2.45, 2.75) is 31.9 Å².